The van der Waals surface area contributed by atoms with Crippen LogP contribution < -0.4 is 5.32 Å². The van der Waals surface area contributed by atoms with Crippen LogP contribution in [0.15, 0.2) is 0 Å². The molecule has 1 aliphatic heterocycles. The minimum absolute atomic E-state index is 0.277. The summed E-state index contributed by atoms with van der Waals surface area (Å²) in [4.78, 5) is 10.9. The molecule has 14 heavy (non-hydrogen) atoms. The summed E-state index contributed by atoms with van der Waals surface area (Å²) in [7, 11) is 0. The van der Waals surface area contributed by atoms with E-state index >= 15 is 0 Å². The molecule has 0 aromatic rings. The molecular weight excluding hydrogens is 198 g/mol. The van der Waals surface area contributed by atoms with Crippen molar-refractivity contribution >= 4 is 17.7 Å². The van der Waals surface area contributed by atoms with E-state index in [1.165, 1.54) is 17.9 Å². The van der Waals surface area contributed by atoms with Crippen LogP contribution in [0.1, 0.15) is 19.3 Å². The highest BCUT2D eigenvalue weighted by molar-refractivity contribution is 7.99. The first kappa shape index (κ1) is 10.3. The molecule has 0 aromatic carbocycles. The van der Waals surface area contributed by atoms with Gasteiger partial charge in [-0.1, -0.05) is 0 Å². The highest BCUT2D eigenvalue weighted by Gasteiger charge is 2.36. The minimum atomic E-state index is -0.668. The average Bonchev–Trinajstić information content (AvgIpc) is 2.82. The SMILES string of the molecule is O=C(O)C(NCC1CCSC1)C1CC1. The number of nitrogens with one attached hydrogen (secondary N) is 1. The Morgan fingerprint density at radius 3 is 2.79 bits per heavy atom. The minimum Gasteiger partial charge on any atom is -0.480 e. The van der Waals surface area contributed by atoms with Crippen LogP contribution in [0, 0.1) is 11.8 Å². The van der Waals surface area contributed by atoms with Crippen LogP contribution in [0.25, 0.3) is 0 Å². The van der Waals surface area contributed by atoms with Gasteiger partial charge in [-0.05, 0) is 49.1 Å². The summed E-state index contributed by atoms with van der Waals surface area (Å²) in [5.74, 6) is 2.87. The molecule has 1 heterocycles. The van der Waals surface area contributed by atoms with Gasteiger partial charge in [0.05, 0.1) is 0 Å². The number of carbonyl (C=O) groups is 1. The maximum Gasteiger partial charge on any atom is 0.320 e. The summed E-state index contributed by atoms with van der Waals surface area (Å²) in [5, 5.41) is 12.2. The predicted octanol–water partition coefficient (Wildman–Crippen LogP) is 1.19. The first-order valence-corrected chi connectivity index (χ1v) is 6.47. The Kier molecular flexibility index (Phi) is 3.34. The molecule has 1 saturated heterocycles. The van der Waals surface area contributed by atoms with Crippen molar-refractivity contribution in [2.24, 2.45) is 11.8 Å². The van der Waals surface area contributed by atoms with Gasteiger partial charge in [0.25, 0.3) is 0 Å². The lowest BCUT2D eigenvalue weighted by molar-refractivity contribution is -0.140. The lowest BCUT2D eigenvalue weighted by atomic mass is 10.1. The Hall–Kier alpha value is -0.220. The van der Waals surface area contributed by atoms with Gasteiger partial charge in [0.2, 0.25) is 0 Å². The molecule has 0 aromatic heterocycles. The van der Waals surface area contributed by atoms with E-state index < -0.39 is 5.97 Å². The fourth-order valence-corrected chi connectivity index (χ4v) is 3.21. The molecule has 1 aliphatic carbocycles. The van der Waals surface area contributed by atoms with Gasteiger partial charge >= 0.3 is 5.97 Å². The third-order valence-electron chi connectivity index (χ3n) is 3.01. The number of carboxylic acid groups (broad SMARTS) is 1. The van der Waals surface area contributed by atoms with Crippen LogP contribution in [-0.4, -0.2) is 35.2 Å². The number of rotatable bonds is 5. The summed E-state index contributed by atoms with van der Waals surface area (Å²) in [6, 6.07) is -0.277. The summed E-state index contributed by atoms with van der Waals surface area (Å²) >= 11 is 1.98. The van der Waals surface area contributed by atoms with Gasteiger partial charge in [0.1, 0.15) is 6.04 Å². The third-order valence-corrected chi connectivity index (χ3v) is 4.24. The van der Waals surface area contributed by atoms with E-state index in [-0.39, 0.29) is 6.04 Å². The van der Waals surface area contributed by atoms with E-state index in [1.807, 2.05) is 11.8 Å². The van der Waals surface area contributed by atoms with Crippen molar-refractivity contribution in [2.75, 3.05) is 18.1 Å². The van der Waals surface area contributed by atoms with Crippen molar-refractivity contribution in [1.82, 2.24) is 5.32 Å². The van der Waals surface area contributed by atoms with Gasteiger partial charge in [0.15, 0.2) is 0 Å². The molecule has 0 spiro atoms. The van der Waals surface area contributed by atoms with Crippen LogP contribution in [0.5, 0.6) is 0 Å². The van der Waals surface area contributed by atoms with Crippen LogP contribution in [0.3, 0.4) is 0 Å². The molecule has 1 saturated carbocycles. The van der Waals surface area contributed by atoms with Gasteiger partial charge in [-0.2, -0.15) is 11.8 Å². The number of hydrogen-bond donors (Lipinski definition) is 2. The van der Waals surface area contributed by atoms with Gasteiger partial charge in [-0.25, -0.2) is 0 Å². The van der Waals surface area contributed by atoms with Crippen molar-refractivity contribution < 1.29 is 9.90 Å². The molecule has 2 rings (SSSR count). The molecule has 0 bridgehead atoms. The van der Waals surface area contributed by atoms with E-state index in [4.69, 9.17) is 5.11 Å². The zero-order valence-corrected chi connectivity index (χ0v) is 9.05. The highest BCUT2D eigenvalue weighted by atomic mass is 32.2. The topological polar surface area (TPSA) is 49.3 Å². The molecule has 2 unspecified atom stereocenters. The van der Waals surface area contributed by atoms with Gasteiger partial charge < -0.3 is 10.4 Å². The maximum atomic E-state index is 10.9. The molecule has 2 atom stereocenters. The Labute approximate surface area is 88.6 Å². The standard InChI is InChI=1S/C10H17NO2S/c12-10(13)9(8-1-2-8)11-5-7-3-4-14-6-7/h7-9,11H,1-6H2,(H,12,13). The van der Waals surface area contributed by atoms with Crippen LogP contribution in [0.2, 0.25) is 0 Å². The zero-order valence-electron chi connectivity index (χ0n) is 8.24. The molecular formula is C10H17NO2S. The van der Waals surface area contributed by atoms with Crippen molar-refractivity contribution in [3.63, 3.8) is 0 Å². The Bertz CT molecular complexity index is 212. The number of carboxylic acids is 1. The normalized spacial score (nSPS) is 29.0. The van der Waals surface area contributed by atoms with Gasteiger partial charge in [-0.3, -0.25) is 4.79 Å². The van der Waals surface area contributed by atoms with Crippen LogP contribution in [-0.2, 0) is 4.79 Å². The molecule has 2 fully saturated rings. The fourth-order valence-electron chi connectivity index (χ4n) is 1.92. The Morgan fingerprint density at radius 2 is 2.29 bits per heavy atom. The molecule has 0 radical (unpaired) electrons. The summed E-state index contributed by atoms with van der Waals surface area (Å²) in [6.45, 7) is 0.889. The lowest BCUT2D eigenvalue weighted by Gasteiger charge is -2.16. The highest BCUT2D eigenvalue weighted by Crippen LogP contribution is 2.33. The Balaban J connectivity index is 1.73. The lowest BCUT2D eigenvalue weighted by Crippen LogP contribution is -2.41. The van der Waals surface area contributed by atoms with Crippen LogP contribution in [0.4, 0.5) is 0 Å². The number of aliphatic carboxylic acids is 1. The maximum absolute atomic E-state index is 10.9. The smallest absolute Gasteiger partial charge is 0.320 e. The van der Waals surface area contributed by atoms with Crippen LogP contribution >= 0.6 is 11.8 Å². The van der Waals surface area contributed by atoms with E-state index in [0.717, 1.165) is 19.4 Å². The molecule has 0 amide bonds. The summed E-state index contributed by atoms with van der Waals surface area (Å²) < 4.78 is 0. The fraction of sp³-hybridized carbons (Fsp3) is 0.900. The molecule has 80 valence electrons. The number of thioether (sulfide) groups is 1. The largest absolute Gasteiger partial charge is 0.480 e. The second kappa shape index (κ2) is 4.53. The average molecular weight is 215 g/mol. The first-order valence-electron chi connectivity index (χ1n) is 5.31. The third kappa shape index (κ3) is 2.64. The summed E-state index contributed by atoms with van der Waals surface area (Å²) in [5.41, 5.74) is 0. The van der Waals surface area contributed by atoms with Crippen molar-refractivity contribution in [1.29, 1.82) is 0 Å². The molecule has 2 aliphatic rings. The molecule has 4 heteroatoms. The molecule has 2 N–H and O–H groups in total. The van der Waals surface area contributed by atoms with Crippen molar-refractivity contribution in [3.05, 3.63) is 0 Å². The number of hydrogen-bond acceptors (Lipinski definition) is 3. The summed E-state index contributed by atoms with van der Waals surface area (Å²) in [6.07, 6.45) is 3.42. The molecule has 3 nitrogen and oxygen atoms in total. The van der Waals surface area contributed by atoms with E-state index in [0.29, 0.717) is 11.8 Å². The Morgan fingerprint density at radius 1 is 1.50 bits per heavy atom. The van der Waals surface area contributed by atoms with Gasteiger partial charge in [0, 0.05) is 0 Å². The van der Waals surface area contributed by atoms with Gasteiger partial charge in [-0.15, -0.1) is 0 Å². The second-order valence-electron chi connectivity index (χ2n) is 4.29. The van der Waals surface area contributed by atoms with Crippen molar-refractivity contribution in [2.45, 2.75) is 25.3 Å². The van der Waals surface area contributed by atoms with Crippen molar-refractivity contribution in [3.8, 4) is 0 Å². The monoisotopic (exact) mass is 215 g/mol. The first-order chi connectivity index (χ1) is 6.77. The quantitative estimate of drug-likeness (QED) is 0.723. The zero-order chi connectivity index (χ0) is 9.97. The predicted molar refractivity (Wildman–Crippen MR) is 57.6 cm³/mol. The second-order valence-corrected chi connectivity index (χ2v) is 5.44. The van der Waals surface area contributed by atoms with E-state index in [9.17, 15) is 4.79 Å². The van der Waals surface area contributed by atoms with E-state index in [1.54, 1.807) is 0 Å². The van der Waals surface area contributed by atoms with E-state index in [2.05, 4.69) is 5.32 Å².